The summed E-state index contributed by atoms with van der Waals surface area (Å²) in [6.45, 7) is 1.71. The predicted molar refractivity (Wildman–Crippen MR) is 64.5 cm³/mol. The van der Waals surface area contributed by atoms with E-state index in [-0.39, 0.29) is 5.69 Å². The van der Waals surface area contributed by atoms with E-state index in [4.69, 9.17) is 5.11 Å². The molecule has 7 nitrogen and oxygen atoms in total. The van der Waals surface area contributed by atoms with Gasteiger partial charge in [0.25, 0.3) is 5.91 Å². The van der Waals surface area contributed by atoms with E-state index >= 15 is 0 Å². The predicted octanol–water partition coefficient (Wildman–Crippen LogP) is 0.136. The second-order valence-corrected chi connectivity index (χ2v) is 3.81. The molecule has 1 amide bonds. The number of hydrogen-bond donors (Lipinski definition) is 2. The molecular formula is C12H14N2O5. The van der Waals surface area contributed by atoms with Crippen LogP contribution in [0.5, 0.6) is 0 Å². The molecule has 0 saturated carbocycles. The normalized spacial score (nSPS) is 11.5. The molecule has 0 aliphatic rings. The summed E-state index contributed by atoms with van der Waals surface area (Å²) in [5.74, 6) is -2.68. The third-order valence-corrected chi connectivity index (χ3v) is 2.32. The highest BCUT2D eigenvalue weighted by Crippen LogP contribution is 2.01. The van der Waals surface area contributed by atoms with Crippen molar-refractivity contribution >= 4 is 17.8 Å². The molecule has 102 valence electrons. The van der Waals surface area contributed by atoms with Crippen molar-refractivity contribution in [2.45, 2.75) is 19.4 Å². The number of aryl methyl sites for hydroxylation is 1. The number of methoxy groups -OCH3 is 1. The van der Waals surface area contributed by atoms with E-state index in [0.29, 0.717) is 5.69 Å². The molecule has 0 aliphatic carbocycles. The van der Waals surface area contributed by atoms with Gasteiger partial charge in [0.15, 0.2) is 0 Å². The average molecular weight is 266 g/mol. The molecule has 0 bridgehead atoms. The van der Waals surface area contributed by atoms with E-state index in [1.165, 1.54) is 6.07 Å². The number of hydrogen-bond acceptors (Lipinski definition) is 5. The standard InChI is InChI=1S/C12H14N2O5/c1-7-4-3-5-8(13-7)11(16)14-9(12(17)18)6-10(15)19-2/h3-5,9H,6H2,1-2H3,(H,14,16)(H,17,18)/t9-/m0/s1. The summed E-state index contributed by atoms with van der Waals surface area (Å²) in [5.41, 5.74) is 0.726. The molecule has 0 unspecified atom stereocenters. The second kappa shape index (κ2) is 6.48. The summed E-state index contributed by atoms with van der Waals surface area (Å²) in [4.78, 5) is 37.7. The molecule has 0 aromatic carbocycles. The van der Waals surface area contributed by atoms with Crippen LogP contribution in [0.2, 0.25) is 0 Å². The molecule has 1 rings (SSSR count). The monoisotopic (exact) mass is 266 g/mol. The number of amides is 1. The number of aromatic nitrogens is 1. The summed E-state index contributed by atoms with van der Waals surface area (Å²) >= 11 is 0. The van der Waals surface area contributed by atoms with E-state index in [1.807, 2.05) is 0 Å². The first-order chi connectivity index (χ1) is 8.93. The molecule has 0 fully saturated rings. The molecule has 2 N–H and O–H groups in total. The van der Waals surface area contributed by atoms with Crippen LogP contribution in [-0.4, -0.2) is 41.1 Å². The third-order valence-electron chi connectivity index (χ3n) is 2.32. The number of ether oxygens (including phenoxy) is 1. The van der Waals surface area contributed by atoms with Crippen molar-refractivity contribution < 1.29 is 24.2 Å². The molecule has 0 aliphatic heterocycles. The lowest BCUT2D eigenvalue weighted by molar-refractivity contribution is -0.147. The fourth-order valence-electron chi connectivity index (χ4n) is 1.35. The Balaban J connectivity index is 2.77. The summed E-state index contributed by atoms with van der Waals surface area (Å²) < 4.78 is 4.37. The Labute approximate surface area is 109 Å². The van der Waals surface area contributed by atoms with Crippen LogP contribution in [0.25, 0.3) is 0 Å². The maximum Gasteiger partial charge on any atom is 0.326 e. The maximum absolute atomic E-state index is 11.8. The molecular weight excluding hydrogens is 252 g/mol. The number of esters is 1. The SMILES string of the molecule is COC(=O)C[C@H](NC(=O)c1cccc(C)n1)C(=O)O. The van der Waals surface area contributed by atoms with Gasteiger partial charge < -0.3 is 15.2 Å². The van der Waals surface area contributed by atoms with E-state index < -0.39 is 30.3 Å². The Hall–Kier alpha value is -2.44. The van der Waals surface area contributed by atoms with Crippen molar-refractivity contribution in [1.82, 2.24) is 10.3 Å². The number of aliphatic carboxylic acids is 1. The minimum atomic E-state index is -1.35. The molecule has 0 saturated heterocycles. The Bertz CT molecular complexity index is 501. The van der Waals surface area contributed by atoms with Crippen LogP contribution < -0.4 is 5.32 Å². The smallest absolute Gasteiger partial charge is 0.326 e. The third kappa shape index (κ3) is 4.38. The highest BCUT2D eigenvalue weighted by atomic mass is 16.5. The van der Waals surface area contributed by atoms with E-state index in [1.54, 1.807) is 19.1 Å². The summed E-state index contributed by atoms with van der Waals surface area (Å²) in [7, 11) is 1.14. The van der Waals surface area contributed by atoms with Crippen LogP contribution in [0, 0.1) is 6.92 Å². The van der Waals surface area contributed by atoms with Crippen molar-refractivity contribution in [2.24, 2.45) is 0 Å². The van der Waals surface area contributed by atoms with Crippen molar-refractivity contribution in [2.75, 3.05) is 7.11 Å². The molecule has 7 heteroatoms. The van der Waals surface area contributed by atoms with Gasteiger partial charge in [-0.15, -0.1) is 0 Å². The van der Waals surface area contributed by atoms with Crippen molar-refractivity contribution in [3.8, 4) is 0 Å². The summed E-state index contributed by atoms with van der Waals surface area (Å²) in [6.07, 6.45) is -0.441. The van der Waals surface area contributed by atoms with E-state index in [2.05, 4.69) is 15.0 Å². The number of carbonyl (C=O) groups is 3. The minimum absolute atomic E-state index is 0.0936. The highest BCUT2D eigenvalue weighted by Gasteiger charge is 2.24. The minimum Gasteiger partial charge on any atom is -0.480 e. The first-order valence-electron chi connectivity index (χ1n) is 5.48. The number of nitrogens with one attached hydrogen (secondary N) is 1. The fraction of sp³-hybridized carbons (Fsp3) is 0.333. The summed E-state index contributed by atoms with van der Waals surface area (Å²) in [5, 5.41) is 11.1. The Morgan fingerprint density at radius 3 is 2.63 bits per heavy atom. The maximum atomic E-state index is 11.8. The first-order valence-corrected chi connectivity index (χ1v) is 5.48. The van der Waals surface area contributed by atoms with Gasteiger partial charge in [-0.3, -0.25) is 9.59 Å². The Morgan fingerprint density at radius 1 is 1.42 bits per heavy atom. The van der Waals surface area contributed by atoms with Gasteiger partial charge in [-0.2, -0.15) is 0 Å². The number of carbonyl (C=O) groups excluding carboxylic acids is 2. The lowest BCUT2D eigenvalue weighted by Gasteiger charge is -2.13. The summed E-state index contributed by atoms with van der Waals surface area (Å²) in [6, 6.07) is 3.45. The lowest BCUT2D eigenvalue weighted by atomic mass is 10.2. The second-order valence-electron chi connectivity index (χ2n) is 3.81. The molecule has 1 atom stereocenters. The molecule has 19 heavy (non-hydrogen) atoms. The molecule has 0 radical (unpaired) electrons. The Morgan fingerprint density at radius 2 is 2.11 bits per heavy atom. The van der Waals surface area contributed by atoms with Gasteiger partial charge in [-0.25, -0.2) is 9.78 Å². The first kappa shape index (κ1) is 14.6. The molecule has 1 aromatic heterocycles. The van der Waals surface area contributed by atoms with Gasteiger partial charge in [0.1, 0.15) is 11.7 Å². The molecule has 1 heterocycles. The zero-order valence-electron chi connectivity index (χ0n) is 10.5. The van der Waals surface area contributed by atoms with Crippen LogP contribution in [0.4, 0.5) is 0 Å². The van der Waals surface area contributed by atoms with Crippen molar-refractivity contribution in [3.05, 3.63) is 29.6 Å². The van der Waals surface area contributed by atoms with Crippen LogP contribution in [-0.2, 0) is 14.3 Å². The molecule has 0 spiro atoms. The lowest BCUT2D eigenvalue weighted by Crippen LogP contribution is -2.42. The van der Waals surface area contributed by atoms with Crippen molar-refractivity contribution in [3.63, 3.8) is 0 Å². The molecule has 1 aromatic rings. The Kier molecular flexibility index (Phi) is 4.99. The van der Waals surface area contributed by atoms with Crippen molar-refractivity contribution in [1.29, 1.82) is 0 Å². The van der Waals surface area contributed by atoms with Gasteiger partial charge in [-0.1, -0.05) is 6.07 Å². The van der Waals surface area contributed by atoms with Crippen LogP contribution >= 0.6 is 0 Å². The van der Waals surface area contributed by atoms with Crippen LogP contribution in [0.3, 0.4) is 0 Å². The highest BCUT2D eigenvalue weighted by molar-refractivity contribution is 5.95. The topological polar surface area (TPSA) is 106 Å². The van der Waals surface area contributed by atoms with E-state index in [9.17, 15) is 14.4 Å². The van der Waals surface area contributed by atoms with Gasteiger partial charge >= 0.3 is 11.9 Å². The zero-order chi connectivity index (χ0) is 14.4. The van der Waals surface area contributed by atoms with Gasteiger partial charge in [0.2, 0.25) is 0 Å². The van der Waals surface area contributed by atoms with Crippen LogP contribution in [0.15, 0.2) is 18.2 Å². The van der Waals surface area contributed by atoms with Gasteiger partial charge in [0.05, 0.1) is 13.5 Å². The average Bonchev–Trinajstić information content (AvgIpc) is 2.37. The van der Waals surface area contributed by atoms with Gasteiger partial charge in [0, 0.05) is 5.69 Å². The number of carboxylic acid groups (broad SMARTS) is 1. The quantitative estimate of drug-likeness (QED) is 0.734. The van der Waals surface area contributed by atoms with Gasteiger partial charge in [-0.05, 0) is 19.1 Å². The largest absolute Gasteiger partial charge is 0.480 e. The number of pyridine rings is 1. The number of nitrogens with zero attached hydrogens (tertiary/aromatic N) is 1. The zero-order valence-corrected chi connectivity index (χ0v) is 10.5. The van der Waals surface area contributed by atoms with Crippen LogP contribution in [0.1, 0.15) is 22.6 Å². The van der Waals surface area contributed by atoms with E-state index in [0.717, 1.165) is 7.11 Å². The number of rotatable bonds is 5. The fourth-order valence-corrected chi connectivity index (χ4v) is 1.35. The number of carboxylic acids is 1.